The number of rotatable bonds is 5. The van der Waals surface area contributed by atoms with E-state index in [-0.39, 0.29) is 11.6 Å². The number of esters is 1. The number of nitrogens with two attached hydrogens (primary N) is 1. The number of hydrogen-bond donors (Lipinski definition) is 1. The summed E-state index contributed by atoms with van der Waals surface area (Å²) in [4.78, 5) is 11.2. The molecule has 0 saturated carbocycles. The SMILES string of the molecule is COC(=O)C(N)CCSC1CCOC2(CCSC2)C1. The zero-order chi connectivity index (χ0) is 13.7. The number of hydrogen-bond acceptors (Lipinski definition) is 6. The van der Waals surface area contributed by atoms with Gasteiger partial charge in [0, 0.05) is 17.6 Å². The maximum absolute atomic E-state index is 11.2. The molecule has 3 unspecified atom stereocenters. The minimum absolute atomic E-state index is 0.144. The molecule has 0 aromatic heterocycles. The minimum Gasteiger partial charge on any atom is -0.468 e. The van der Waals surface area contributed by atoms with Gasteiger partial charge in [-0.1, -0.05) is 0 Å². The Kier molecular flexibility index (Phi) is 5.87. The van der Waals surface area contributed by atoms with E-state index in [1.165, 1.54) is 19.3 Å². The summed E-state index contributed by atoms with van der Waals surface area (Å²) in [7, 11) is 1.38. The molecular weight excluding hydrogens is 282 g/mol. The van der Waals surface area contributed by atoms with Crippen molar-refractivity contribution in [3.05, 3.63) is 0 Å². The summed E-state index contributed by atoms with van der Waals surface area (Å²) in [6, 6.07) is -0.478. The van der Waals surface area contributed by atoms with Crippen LogP contribution in [0.1, 0.15) is 25.7 Å². The van der Waals surface area contributed by atoms with Gasteiger partial charge in [0.15, 0.2) is 0 Å². The maximum Gasteiger partial charge on any atom is 0.322 e. The van der Waals surface area contributed by atoms with Gasteiger partial charge in [-0.3, -0.25) is 4.79 Å². The van der Waals surface area contributed by atoms with Crippen LogP contribution in [0, 0.1) is 0 Å². The summed E-state index contributed by atoms with van der Waals surface area (Å²) in [5.41, 5.74) is 5.89. The molecule has 2 aliphatic heterocycles. The normalized spacial score (nSPS) is 32.4. The van der Waals surface area contributed by atoms with Crippen molar-refractivity contribution >= 4 is 29.5 Å². The first-order chi connectivity index (χ1) is 9.15. The predicted octanol–water partition coefficient (Wildman–Crippen LogP) is 1.66. The molecule has 0 aromatic carbocycles. The van der Waals surface area contributed by atoms with Crippen molar-refractivity contribution in [2.45, 2.75) is 42.6 Å². The van der Waals surface area contributed by atoms with Crippen LogP contribution >= 0.6 is 23.5 Å². The first-order valence-corrected chi connectivity index (χ1v) is 9.02. The zero-order valence-corrected chi connectivity index (χ0v) is 13.1. The van der Waals surface area contributed by atoms with Gasteiger partial charge < -0.3 is 15.2 Å². The fourth-order valence-corrected chi connectivity index (χ4v) is 5.41. The number of thioether (sulfide) groups is 2. The lowest BCUT2D eigenvalue weighted by Crippen LogP contribution is -2.41. The maximum atomic E-state index is 11.2. The third-order valence-corrected chi connectivity index (χ3v) is 6.37. The van der Waals surface area contributed by atoms with Gasteiger partial charge in [0.2, 0.25) is 0 Å². The molecule has 2 heterocycles. The van der Waals surface area contributed by atoms with E-state index >= 15 is 0 Å². The number of carbonyl (C=O) groups excluding carboxylic acids is 1. The average Bonchev–Trinajstić information content (AvgIpc) is 2.85. The molecular formula is C13H23NO3S2. The smallest absolute Gasteiger partial charge is 0.322 e. The number of methoxy groups -OCH3 is 1. The second-order valence-electron chi connectivity index (χ2n) is 5.24. The molecule has 4 nitrogen and oxygen atoms in total. The fourth-order valence-electron chi connectivity index (χ4n) is 2.62. The molecule has 110 valence electrons. The molecule has 6 heteroatoms. The summed E-state index contributed by atoms with van der Waals surface area (Å²) in [5.74, 6) is 2.98. The molecule has 3 atom stereocenters. The Morgan fingerprint density at radius 3 is 3.21 bits per heavy atom. The molecule has 2 N–H and O–H groups in total. The molecule has 0 bridgehead atoms. The average molecular weight is 305 g/mol. The quantitative estimate of drug-likeness (QED) is 0.780. The molecule has 0 radical (unpaired) electrons. The summed E-state index contributed by atoms with van der Waals surface area (Å²) in [6.07, 6.45) is 4.15. The van der Waals surface area contributed by atoms with Crippen LogP contribution in [-0.4, -0.2) is 53.8 Å². The van der Waals surface area contributed by atoms with E-state index in [2.05, 4.69) is 4.74 Å². The van der Waals surface area contributed by atoms with Crippen LogP contribution in [0.5, 0.6) is 0 Å². The topological polar surface area (TPSA) is 61.5 Å². The minimum atomic E-state index is -0.478. The highest BCUT2D eigenvalue weighted by Crippen LogP contribution is 2.41. The van der Waals surface area contributed by atoms with Crippen molar-refractivity contribution in [3.8, 4) is 0 Å². The van der Waals surface area contributed by atoms with E-state index in [9.17, 15) is 4.79 Å². The van der Waals surface area contributed by atoms with Gasteiger partial charge >= 0.3 is 5.97 Å². The molecule has 1 spiro atoms. The van der Waals surface area contributed by atoms with E-state index < -0.39 is 6.04 Å². The van der Waals surface area contributed by atoms with Gasteiger partial charge in [-0.05, 0) is 37.2 Å². The third-order valence-electron chi connectivity index (χ3n) is 3.80. The van der Waals surface area contributed by atoms with Gasteiger partial charge in [0.1, 0.15) is 6.04 Å². The largest absolute Gasteiger partial charge is 0.468 e. The second-order valence-corrected chi connectivity index (χ2v) is 7.75. The van der Waals surface area contributed by atoms with Crippen LogP contribution in [0.4, 0.5) is 0 Å². The van der Waals surface area contributed by atoms with E-state index in [1.807, 2.05) is 23.5 Å². The predicted molar refractivity (Wildman–Crippen MR) is 80.7 cm³/mol. The van der Waals surface area contributed by atoms with Gasteiger partial charge in [0.05, 0.1) is 12.7 Å². The highest BCUT2D eigenvalue weighted by molar-refractivity contribution is 8.00. The summed E-state index contributed by atoms with van der Waals surface area (Å²) in [5, 5.41) is 0.650. The van der Waals surface area contributed by atoms with Gasteiger partial charge in [-0.2, -0.15) is 23.5 Å². The Morgan fingerprint density at radius 1 is 1.68 bits per heavy atom. The summed E-state index contributed by atoms with van der Waals surface area (Å²) >= 11 is 3.94. The highest BCUT2D eigenvalue weighted by atomic mass is 32.2. The Morgan fingerprint density at radius 2 is 2.53 bits per heavy atom. The second kappa shape index (κ2) is 7.20. The summed E-state index contributed by atoms with van der Waals surface area (Å²) in [6.45, 7) is 0.876. The van der Waals surface area contributed by atoms with Crippen molar-refractivity contribution in [3.63, 3.8) is 0 Å². The van der Waals surface area contributed by atoms with Gasteiger partial charge in [-0.25, -0.2) is 0 Å². The van der Waals surface area contributed by atoms with E-state index in [0.717, 1.165) is 31.0 Å². The van der Waals surface area contributed by atoms with Crippen LogP contribution < -0.4 is 5.73 Å². The third kappa shape index (κ3) is 4.28. The van der Waals surface area contributed by atoms with Crippen LogP contribution in [-0.2, 0) is 14.3 Å². The van der Waals surface area contributed by atoms with Crippen molar-refractivity contribution in [1.82, 2.24) is 0 Å². The van der Waals surface area contributed by atoms with Crippen LogP contribution in [0.3, 0.4) is 0 Å². The Hall–Kier alpha value is 0.0900. The Balaban J connectivity index is 1.69. The molecule has 0 amide bonds. The lowest BCUT2D eigenvalue weighted by molar-refractivity contribution is -0.142. The summed E-state index contributed by atoms with van der Waals surface area (Å²) < 4.78 is 10.6. The molecule has 0 aromatic rings. The van der Waals surface area contributed by atoms with E-state index in [1.54, 1.807) is 0 Å². The number of ether oxygens (including phenoxy) is 2. The van der Waals surface area contributed by atoms with Crippen LogP contribution in [0.25, 0.3) is 0 Å². The fraction of sp³-hybridized carbons (Fsp3) is 0.923. The molecule has 19 heavy (non-hydrogen) atoms. The number of carbonyl (C=O) groups is 1. The van der Waals surface area contributed by atoms with E-state index in [0.29, 0.717) is 11.7 Å². The van der Waals surface area contributed by atoms with Crippen molar-refractivity contribution in [2.75, 3.05) is 31.0 Å². The van der Waals surface area contributed by atoms with E-state index in [4.69, 9.17) is 10.5 Å². The molecule has 2 rings (SSSR count). The van der Waals surface area contributed by atoms with Crippen molar-refractivity contribution in [1.29, 1.82) is 0 Å². The van der Waals surface area contributed by atoms with Crippen molar-refractivity contribution < 1.29 is 14.3 Å². The first-order valence-electron chi connectivity index (χ1n) is 6.82. The first kappa shape index (κ1) is 15.5. The molecule has 0 aliphatic carbocycles. The Labute approximate surface area is 123 Å². The van der Waals surface area contributed by atoms with Crippen LogP contribution in [0.15, 0.2) is 0 Å². The van der Waals surface area contributed by atoms with Gasteiger partial charge in [-0.15, -0.1) is 0 Å². The molecule has 2 fully saturated rings. The zero-order valence-electron chi connectivity index (χ0n) is 11.4. The van der Waals surface area contributed by atoms with Crippen LogP contribution in [0.2, 0.25) is 0 Å². The lowest BCUT2D eigenvalue weighted by Gasteiger charge is -2.37. The monoisotopic (exact) mass is 305 g/mol. The molecule has 2 saturated heterocycles. The highest BCUT2D eigenvalue weighted by Gasteiger charge is 2.40. The molecule has 2 aliphatic rings. The lowest BCUT2D eigenvalue weighted by atomic mass is 9.93. The van der Waals surface area contributed by atoms with Crippen molar-refractivity contribution in [2.24, 2.45) is 5.73 Å². The standard InChI is InChI=1S/C13H23NO3S2/c1-16-12(15)11(14)3-6-19-10-2-5-17-13(8-10)4-7-18-9-13/h10-11H,2-9,14H2,1H3. The Bertz CT molecular complexity index is 308. The van der Waals surface area contributed by atoms with Gasteiger partial charge in [0.25, 0.3) is 0 Å².